The van der Waals surface area contributed by atoms with E-state index in [9.17, 15) is 4.79 Å². The normalized spacial score (nSPS) is 19.9. The summed E-state index contributed by atoms with van der Waals surface area (Å²) in [7, 11) is 1.56. The fourth-order valence-corrected chi connectivity index (χ4v) is 1.84. The Morgan fingerprint density at radius 1 is 1.10 bits per heavy atom. The van der Waals surface area contributed by atoms with Gasteiger partial charge in [0.1, 0.15) is 6.10 Å². The maximum Gasteiger partial charge on any atom is 0.178 e. The van der Waals surface area contributed by atoms with E-state index in [1.165, 1.54) is 0 Å². The van der Waals surface area contributed by atoms with E-state index in [0.29, 0.717) is 0 Å². The third-order valence-electron chi connectivity index (χ3n) is 2.68. The second kappa shape index (κ2) is 15.5. The number of rotatable bonds is 1. The van der Waals surface area contributed by atoms with Crippen LogP contribution >= 0.6 is 11.6 Å². The average molecular weight is 316 g/mol. The van der Waals surface area contributed by atoms with E-state index < -0.39 is 0 Å². The molecule has 4 heteroatoms. The number of methoxy groups -OCH3 is 1. The molecule has 2 unspecified atom stereocenters. The number of hydrogen-bond donors (Lipinski definition) is 1. The van der Waals surface area contributed by atoms with Crippen molar-refractivity contribution in [2.45, 2.75) is 59.1 Å². The van der Waals surface area contributed by atoms with Gasteiger partial charge in [-0.15, -0.1) is 0 Å². The topological polar surface area (TPSA) is 52.3 Å². The Morgan fingerprint density at radius 2 is 1.62 bits per heavy atom. The van der Waals surface area contributed by atoms with Crippen LogP contribution in [0.1, 0.15) is 47.0 Å². The highest BCUT2D eigenvalue weighted by Crippen LogP contribution is 2.15. The van der Waals surface area contributed by atoms with Crippen molar-refractivity contribution in [1.82, 2.24) is 0 Å². The van der Waals surface area contributed by atoms with E-state index in [1.54, 1.807) is 7.11 Å². The molecule has 1 aromatic rings. The quantitative estimate of drug-likeness (QED) is 0.831. The first-order chi connectivity index (χ1) is 10.1. The van der Waals surface area contributed by atoms with Crippen LogP contribution in [0, 0.1) is 0 Å². The van der Waals surface area contributed by atoms with Crippen LogP contribution in [0.2, 0.25) is 5.02 Å². The number of benzene rings is 1. The maximum absolute atomic E-state index is 11.1. The zero-order valence-corrected chi connectivity index (χ0v) is 14.7. The molecule has 0 aliphatic heterocycles. The minimum Gasteiger partial charge on any atom is -0.374 e. The predicted molar refractivity (Wildman–Crippen MR) is 91.8 cm³/mol. The molecule has 0 heterocycles. The average Bonchev–Trinajstić information content (AvgIpc) is 2.55. The molecule has 0 bridgehead atoms. The first kappa shape index (κ1) is 22.4. The summed E-state index contributed by atoms with van der Waals surface area (Å²) in [6.07, 6.45) is 2.43. The van der Waals surface area contributed by atoms with Crippen molar-refractivity contribution < 1.29 is 9.53 Å². The van der Waals surface area contributed by atoms with E-state index in [2.05, 4.69) is 0 Å². The Labute approximate surface area is 134 Å². The van der Waals surface area contributed by atoms with Crippen LogP contribution in [0.3, 0.4) is 0 Å². The zero-order valence-electron chi connectivity index (χ0n) is 13.9. The van der Waals surface area contributed by atoms with Gasteiger partial charge in [0, 0.05) is 12.1 Å². The van der Waals surface area contributed by atoms with Crippen LogP contribution in [0.25, 0.3) is 0 Å². The number of Topliss-reactive ketones (excluding diaryl/α,β-unsaturated/α-hetero) is 1. The molecule has 2 atom stereocenters. The lowest BCUT2D eigenvalue weighted by atomic mass is 9.92. The summed E-state index contributed by atoms with van der Waals surface area (Å²) in [6.45, 7) is 8.00. The second-order valence-corrected chi connectivity index (χ2v) is 4.40. The van der Waals surface area contributed by atoms with Crippen LogP contribution in [0.15, 0.2) is 30.3 Å². The largest absolute Gasteiger partial charge is 0.374 e. The summed E-state index contributed by atoms with van der Waals surface area (Å²) in [5, 5.41) is 0.794. The molecule has 0 saturated heterocycles. The van der Waals surface area contributed by atoms with Gasteiger partial charge in [-0.05, 0) is 31.4 Å². The van der Waals surface area contributed by atoms with Gasteiger partial charge in [0.15, 0.2) is 5.78 Å². The molecule has 2 rings (SSSR count). The van der Waals surface area contributed by atoms with Crippen molar-refractivity contribution in [3.05, 3.63) is 35.4 Å². The van der Waals surface area contributed by atoms with Gasteiger partial charge in [0.2, 0.25) is 0 Å². The van der Waals surface area contributed by atoms with E-state index >= 15 is 0 Å². The molecule has 1 aromatic carbocycles. The van der Waals surface area contributed by atoms with Crippen molar-refractivity contribution in [3.63, 3.8) is 0 Å². The first-order valence-corrected chi connectivity index (χ1v) is 8.05. The van der Waals surface area contributed by atoms with E-state index in [0.717, 1.165) is 24.3 Å². The molecule has 0 aromatic heterocycles. The van der Waals surface area contributed by atoms with Crippen molar-refractivity contribution in [2.75, 3.05) is 7.11 Å². The molecule has 1 saturated carbocycles. The minimum absolute atomic E-state index is 0.0637. The van der Waals surface area contributed by atoms with E-state index in [-0.39, 0.29) is 17.9 Å². The van der Waals surface area contributed by atoms with Crippen LogP contribution in [0.5, 0.6) is 0 Å². The van der Waals surface area contributed by atoms with Gasteiger partial charge in [0.05, 0.1) is 6.04 Å². The van der Waals surface area contributed by atoms with Gasteiger partial charge in [-0.3, -0.25) is 4.79 Å². The van der Waals surface area contributed by atoms with Gasteiger partial charge in [-0.2, -0.15) is 0 Å². The number of halogens is 1. The van der Waals surface area contributed by atoms with Gasteiger partial charge in [-0.1, -0.05) is 57.5 Å². The highest BCUT2D eigenvalue weighted by atomic mass is 35.5. The Hall–Kier alpha value is -0.900. The standard InChI is InChI=1S/C7H13NO2.C6H5Cl.2C2H6/c1-10-6-4-2-3-5(8)7(6)9;7-6-4-2-1-3-5-6;2*1-2/h5-6H,2-4,8H2,1H3;1-5H;2*1-2H3. The summed E-state index contributed by atoms with van der Waals surface area (Å²) in [4.78, 5) is 11.1. The summed E-state index contributed by atoms with van der Waals surface area (Å²) in [6, 6.07) is 9.17. The van der Waals surface area contributed by atoms with E-state index in [4.69, 9.17) is 22.1 Å². The van der Waals surface area contributed by atoms with Crippen molar-refractivity contribution in [2.24, 2.45) is 5.73 Å². The second-order valence-electron chi connectivity index (χ2n) is 3.96. The molecule has 0 spiro atoms. The van der Waals surface area contributed by atoms with Crippen molar-refractivity contribution >= 4 is 17.4 Å². The fraction of sp³-hybridized carbons (Fsp3) is 0.588. The third-order valence-corrected chi connectivity index (χ3v) is 2.93. The Kier molecular flexibility index (Phi) is 16.5. The first-order valence-electron chi connectivity index (χ1n) is 7.67. The molecule has 1 aliphatic carbocycles. The number of ether oxygens (including phenoxy) is 1. The molecular formula is C17H30ClNO2. The van der Waals surface area contributed by atoms with Crippen LogP contribution in [-0.2, 0) is 9.53 Å². The van der Waals surface area contributed by atoms with Gasteiger partial charge < -0.3 is 10.5 Å². The lowest BCUT2D eigenvalue weighted by Crippen LogP contribution is -2.42. The third kappa shape index (κ3) is 10.5. The lowest BCUT2D eigenvalue weighted by molar-refractivity contribution is -0.132. The predicted octanol–water partition coefficient (Wildman–Crippen LogP) is 4.47. The molecule has 21 heavy (non-hydrogen) atoms. The number of hydrogen-bond acceptors (Lipinski definition) is 3. The Balaban J connectivity index is 0. The minimum atomic E-state index is -0.279. The van der Waals surface area contributed by atoms with Crippen molar-refractivity contribution in [3.8, 4) is 0 Å². The lowest BCUT2D eigenvalue weighted by Gasteiger charge is -2.23. The summed E-state index contributed by atoms with van der Waals surface area (Å²) in [5.74, 6) is 0.0637. The molecule has 2 N–H and O–H groups in total. The highest BCUT2D eigenvalue weighted by molar-refractivity contribution is 6.30. The Morgan fingerprint density at radius 3 is 1.95 bits per heavy atom. The molecule has 1 fully saturated rings. The SMILES string of the molecule is CC.CC.COC1CCCC(N)C1=O.Clc1ccccc1. The summed E-state index contributed by atoms with van der Waals surface area (Å²) in [5.41, 5.74) is 5.51. The molecular weight excluding hydrogens is 286 g/mol. The Bertz CT molecular complexity index is 344. The fourth-order valence-electron chi connectivity index (χ4n) is 1.70. The smallest absolute Gasteiger partial charge is 0.178 e. The summed E-state index contributed by atoms with van der Waals surface area (Å²) < 4.78 is 4.94. The summed E-state index contributed by atoms with van der Waals surface area (Å²) >= 11 is 5.54. The molecule has 3 nitrogen and oxygen atoms in total. The number of ketones is 1. The number of carbonyl (C=O) groups excluding carboxylic acids is 1. The molecule has 122 valence electrons. The molecule has 0 radical (unpaired) electrons. The molecule has 1 aliphatic rings. The van der Waals surface area contributed by atoms with Crippen molar-refractivity contribution in [1.29, 1.82) is 0 Å². The van der Waals surface area contributed by atoms with Gasteiger partial charge in [0.25, 0.3) is 0 Å². The number of carbonyl (C=O) groups is 1. The highest BCUT2D eigenvalue weighted by Gasteiger charge is 2.27. The molecule has 0 amide bonds. The zero-order chi connectivity index (χ0) is 16.7. The van der Waals surface area contributed by atoms with Gasteiger partial charge in [-0.25, -0.2) is 0 Å². The van der Waals surface area contributed by atoms with E-state index in [1.807, 2.05) is 58.0 Å². The number of nitrogens with two attached hydrogens (primary N) is 1. The van der Waals surface area contributed by atoms with Crippen LogP contribution in [0.4, 0.5) is 0 Å². The monoisotopic (exact) mass is 315 g/mol. The van der Waals surface area contributed by atoms with Crippen LogP contribution in [-0.4, -0.2) is 25.0 Å². The maximum atomic E-state index is 11.1. The van der Waals surface area contributed by atoms with Gasteiger partial charge >= 0.3 is 0 Å². The van der Waals surface area contributed by atoms with Crippen LogP contribution < -0.4 is 5.73 Å².